The highest BCUT2D eigenvalue weighted by atomic mass is 79.9. The Balaban J connectivity index is 2.14. The number of hydrogen-bond acceptors (Lipinski definition) is 2. The number of aromatic nitrogens is 2. The molecular formula is C13H13BrN2O. The molecule has 1 aliphatic heterocycles. The van der Waals surface area contributed by atoms with Gasteiger partial charge in [-0.3, -0.25) is 0 Å². The zero-order chi connectivity index (χ0) is 11.8. The van der Waals surface area contributed by atoms with Crippen molar-refractivity contribution in [3.8, 4) is 11.3 Å². The fraction of sp³-hybridized carbons (Fsp3) is 0.308. The molecule has 3 nitrogen and oxygen atoms in total. The summed E-state index contributed by atoms with van der Waals surface area (Å²) in [7, 11) is 0. The molecule has 0 amide bonds. The first-order chi connectivity index (χ1) is 8.27. The summed E-state index contributed by atoms with van der Waals surface area (Å²) in [4.78, 5) is 4.35. The summed E-state index contributed by atoms with van der Waals surface area (Å²) in [6.45, 7) is 0.934. The van der Waals surface area contributed by atoms with E-state index in [0.29, 0.717) is 0 Å². The van der Waals surface area contributed by atoms with E-state index in [0.717, 1.165) is 40.9 Å². The molecule has 2 heterocycles. The normalized spacial score (nSPS) is 19.1. The Bertz CT molecular complexity index is 550. The van der Waals surface area contributed by atoms with Crippen molar-refractivity contribution in [2.45, 2.75) is 25.5 Å². The first-order valence-electron chi connectivity index (χ1n) is 5.76. The van der Waals surface area contributed by atoms with Gasteiger partial charge in [-0.15, -0.1) is 0 Å². The minimum Gasteiger partial charge on any atom is -0.385 e. The Labute approximate surface area is 108 Å². The third-order valence-electron chi connectivity index (χ3n) is 3.19. The highest BCUT2D eigenvalue weighted by Crippen LogP contribution is 2.33. The Hall–Kier alpha value is -1.13. The lowest BCUT2D eigenvalue weighted by Crippen LogP contribution is -2.16. The standard InChI is InChI=1S/C13H13BrN2O/c14-10-5-2-1-4-9(10)11-8-15-13-12(17)6-3-7-16(11)13/h1-2,4-5,8,12,17H,3,6-7H2. The van der Waals surface area contributed by atoms with Gasteiger partial charge in [0.1, 0.15) is 11.9 Å². The summed E-state index contributed by atoms with van der Waals surface area (Å²) in [5.41, 5.74) is 2.20. The first kappa shape index (κ1) is 11.0. The quantitative estimate of drug-likeness (QED) is 0.877. The number of aliphatic hydroxyl groups is 1. The third kappa shape index (κ3) is 1.81. The number of rotatable bonds is 1. The lowest BCUT2D eigenvalue weighted by atomic mass is 10.1. The molecule has 1 aliphatic rings. The molecule has 0 aliphatic carbocycles. The van der Waals surface area contributed by atoms with Crippen LogP contribution >= 0.6 is 15.9 Å². The molecule has 3 rings (SSSR count). The van der Waals surface area contributed by atoms with Crippen molar-refractivity contribution in [3.05, 3.63) is 40.8 Å². The van der Waals surface area contributed by atoms with Gasteiger partial charge in [0, 0.05) is 16.6 Å². The van der Waals surface area contributed by atoms with Crippen LogP contribution in [0.1, 0.15) is 24.8 Å². The average molecular weight is 293 g/mol. The highest BCUT2D eigenvalue weighted by molar-refractivity contribution is 9.10. The zero-order valence-corrected chi connectivity index (χ0v) is 10.9. The molecule has 88 valence electrons. The number of benzene rings is 1. The van der Waals surface area contributed by atoms with E-state index in [1.807, 2.05) is 24.4 Å². The summed E-state index contributed by atoms with van der Waals surface area (Å²) in [6.07, 6.45) is 3.25. The van der Waals surface area contributed by atoms with Crippen LogP contribution in [-0.4, -0.2) is 14.7 Å². The Morgan fingerprint density at radius 3 is 3.00 bits per heavy atom. The fourth-order valence-corrected chi connectivity index (χ4v) is 2.83. The summed E-state index contributed by atoms with van der Waals surface area (Å²) in [5.74, 6) is 0.794. The molecule has 17 heavy (non-hydrogen) atoms. The van der Waals surface area contributed by atoms with E-state index in [9.17, 15) is 5.11 Å². The van der Waals surface area contributed by atoms with Gasteiger partial charge < -0.3 is 9.67 Å². The maximum absolute atomic E-state index is 9.90. The molecule has 0 saturated heterocycles. The molecule has 2 aromatic rings. The van der Waals surface area contributed by atoms with Crippen molar-refractivity contribution in [2.75, 3.05) is 0 Å². The van der Waals surface area contributed by atoms with E-state index in [-0.39, 0.29) is 0 Å². The average Bonchev–Trinajstić information content (AvgIpc) is 2.75. The van der Waals surface area contributed by atoms with Crippen LogP contribution in [-0.2, 0) is 6.54 Å². The molecular weight excluding hydrogens is 280 g/mol. The van der Waals surface area contributed by atoms with Gasteiger partial charge in [-0.25, -0.2) is 4.98 Å². The van der Waals surface area contributed by atoms with Gasteiger partial charge in [0.05, 0.1) is 11.9 Å². The predicted molar refractivity (Wildman–Crippen MR) is 69.6 cm³/mol. The Morgan fingerprint density at radius 2 is 2.18 bits per heavy atom. The van der Waals surface area contributed by atoms with E-state index in [2.05, 4.69) is 31.5 Å². The lowest BCUT2D eigenvalue weighted by molar-refractivity contribution is 0.134. The SMILES string of the molecule is OC1CCCn2c(-c3ccccc3Br)cnc21. The molecule has 1 aromatic carbocycles. The summed E-state index contributed by atoms with van der Waals surface area (Å²) >= 11 is 3.56. The lowest BCUT2D eigenvalue weighted by Gasteiger charge is -2.21. The van der Waals surface area contributed by atoms with E-state index in [1.165, 1.54) is 0 Å². The molecule has 0 bridgehead atoms. The smallest absolute Gasteiger partial charge is 0.138 e. The van der Waals surface area contributed by atoms with E-state index >= 15 is 0 Å². The van der Waals surface area contributed by atoms with Gasteiger partial charge in [0.2, 0.25) is 0 Å². The fourth-order valence-electron chi connectivity index (χ4n) is 2.35. The molecule has 1 N–H and O–H groups in total. The first-order valence-corrected chi connectivity index (χ1v) is 6.55. The maximum Gasteiger partial charge on any atom is 0.138 e. The van der Waals surface area contributed by atoms with Gasteiger partial charge in [0.15, 0.2) is 0 Å². The number of aliphatic hydroxyl groups excluding tert-OH is 1. The van der Waals surface area contributed by atoms with Gasteiger partial charge in [-0.2, -0.15) is 0 Å². The maximum atomic E-state index is 9.90. The molecule has 1 aromatic heterocycles. The van der Waals surface area contributed by atoms with Crippen LogP contribution in [0.2, 0.25) is 0 Å². The number of nitrogens with zero attached hydrogens (tertiary/aromatic N) is 2. The van der Waals surface area contributed by atoms with Crippen molar-refractivity contribution in [2.24, 2.45) is 0 Å². The second kappa shape index (κ2) is 4.27. The summed E-state index contributed by atoms with van der Waals surface area (Å²) in [6, 6.07) is 8.10. The monoisotopic (exact) mass is 292 g/mol. The largest absolute Gasteiger partial charge is 0.385 e. The molecule has 4 heteroatoms. The van der Waals surface area contributed by atoms with Crippen molar-refractivity contribution in [3.63, 3.8) is 0 Å². The minimum atomic E-state index is -0.417. The number of hydrogen-bond donors (Lipinski definition) is 1. The van der Waals surface area contributed by atoms with Crippen LogP contribution < -0.4 is 0 Å². The van der Waals surface area contributed by atoms with E-state index in [1.54, 1.807) is 0 Å². The summed E-state index contributed by atoms with van der Waals surface area (Å²) in [5, 5.41) is 9.90. The van der Waals surface area contributed by atoms with E-state index in [4.69, 9.17) is 0 Å². The van der Waals surface area contributed by atoms with Crippen molar-refractivity contribution in [1.82, 2.24) is 9.55 Å². The third-order valence-corrected chi connectivity index (χ3v) is 3.89. The van der Waals surface area contributed by atoms with Crippen molar-refractivity contribution >= 4 is 15.9 Å². The van der Waals surface area contributed by atoms with Crippen LogP contribution in [0, 0.1) is 0 Å². The predicted octanol–water partition coefficient (Wildman–Crippen LogP) is 3.14. The Kier molecular flexibility index (Phi) is 2.76. The van der Waals surface area contributed by atoms with Crippen LogP contribution in [0.15, 0.2) is 34.9 Å². The molecule has 1 unspecified atom stereocenters. The van der Waals surface area contributed by atoms with Crippen LogP contribution in [0.5, 0.6) is 0 Å². The topological polar surface area (TPSA) is 38.0 Å². The van der Waals surface area contributed by atoms with Crippen LogP contribution in [0.4, 0.5) is 0 Å². The van der Waals surface area contributed by atoms with Gasteiger partial charge in [-0.05, 0) is 18.9 Å². The molecule has 0 spiro atoms. The number of fused-ring (bicyclic) bond motifs is 1. The summed E-state index contributed by atoms with van der Waals surface area (Å²) < 4.78 is 3.18. The second-order valence-corrected chi connectivity index (χ2v) is 5.15. The van der Waals surface area contributed by atoms with Crippen molar-refractivity contribution in [1.29, 1.82) is 0 Å². The van der Waals surface area contributed by atoms with E-state index < -0.39 is 6.10 Å². The van der Waals surface area contributed by atoms with Gasteiger partial charge >= 0.3 is 0 Å². The van der Waals surface area contributed by atoms with Gasteiger partial charge in [-0.1, -0.05) is 34.1 Å². The van der Waals surface area contributed by atoms with Gasteiger partial charge in [0.25, 0.3) is 0 Å². The van der Waals surface area contributed by atoms with Crippen LogP contribution in [0.3, 0.4) is 0 Å². The molecule has 0 radical (unpaired) electrons. The molecule has 1 atom stereocenters. The zero-order valence-electron chi connectivity index (χ0n) is 9.31. The molecule has 0 saturated carbocycles. The van der Waals surface area contributed by atoms with Crippen molar-refractivity contribution < 1.29 is 5.11 Å². The second-order valence-electron chi connectivity index (χ2n) is 4.29. The number of imidazole rings is 1. The highest BCUT2D eigenvalue weighted by Gasteiger charge is 2.22. The number of halogens is 1. The minimum absolute atomic E-state index is 0.417. The Morgan fingerprint density at radius 1 is 1.35 bits per heavy atom. The molecule has 0 fully saturated rings. The van der Waals surface area contributed by atoms with Crippen LogP contribution in [0.25, 0.3) is 11.3 Å².